The summed E-state index contributed by atoms with van der Waals surface area (Å²) in [5.41, 5.74) is 4.06. The summed E-state index contributed by atoms with van der Waals surface area (Å²) in [7, 11) is -1.50. The zero-order chi connectivity index (χ0) is 27.5. The summed E-state index contributed by atoms with van der Waals surface area (Å²) in [6, 6.07) is 12.0. The predicted molar refractivity (Wildman–Crippen MR) is 144 cm³/mol. The molecule has 8 heteroatoms. The second-order valence-electron chi connectivity index (χ2n) is 10.2. The third-order valence-corrected chi connectivity index (χ3v) is 7.96. The van der Waals surface area contributed by atoms with E-state index >= 15 is 0 Å². The lowest BCUT2D eigenvalue weighted by Crippen LogP contribution is -2.39. The topological polar surface area (TPSA) is 98.5 Å². The Morgan fingerprint density at radius 1 is 1.14 bits per heavy atom. The Bertz CT molecular complexity index is 1480. The van der Waals surface area contributed by atoms with Crippen LogP contribution in [0.25, 0.3) is 11.1 Å². The van der Waals surface area contributed by atoms with E-state index in [9.17, 15) is 18.3 Å². The molecule has 1 heterocycles. The fraction of sp³-hybridized carbons (Fsp3) is 0.379. The Kier molecular flexibility index (Phi) is 8.19. The van der Waals surface area contributed by atoms with Gasteiger partial charge < -0.3 is 9.84 Å². The number of nitrogens with zero attached hydrogens (tertiary/aromatic N) is 2. The number of sulfone groups is 1. The maximum atomic E-state index is 12.5. The molecular formula is C29H34N2O5S. The number of rotatable bonds is 7. The van der Waals surface area contributed by atoms with E-state index in [1.165, 1.54) is 0 Å². The number of hydrogen-bond donors (Lipinski definition) is 1. The summed E-state index contributed by atoms with van der Waals surface area (Å²) in [6.45, 7) is 11.1. The fourth-order valence-corrected chi connectivity index (χ4v) is 5.46. The van der Waals surface area contributed by atoms with Crippen molar-refractivity contribution in [3.05, 3.63) is 65.0 Å². The maximum Gasteiger partial charge on any atom is 0.345 e. The van der Waals surface area contributed by atoms with Gasteiger partial charge in [-0.1, -0.05) is 51.7 Å². The Labute approximate surface area is 219 Å². The highest BCUT2D eigenvalue weighted by Gasteiger charge is 2.34. The van der Waals surface area contributed by atoms with E-state index < -0.39 is 27.3 Å². The van der Waals surface area contributed by atoms with Crippen molar-refractivity contribution in [3.8, 4) is 28.7 Å². The van der Waals surface area contributed by atoms with Crippen LogP contribution in [0, 0.1) is 31.1 Å². The largest absolute Gasteiger partial charge is 0.478 e. The highest BCUT2D eigenvalue weighted by Crippen LogP contribution is 2.33. The average molecular weight is 523 g/mol. The molecule has 0 aliphatic heterocycles. The van der Waals surface area contributed by atoms with Crippen LogP contribution in [-0.4, -0.2) is 41.1 Å². The lowest BCUT2D eigenvalue weighted by atomic mass is 9.89. The molecule has 0 saturated carbocycles. The highest BCUT2D eigenvalue weighted by atomic mass is 32.2. The van der Waals surface area contributed by atoms with Crippen molar-refractivity contribution in [1.29, 1.82) is 0 Å². The average Bonchev–Trinajstić information content (AvgIpc) is 3.06. The smallest absolute Gasteiger partial charge is 0.345 e. The molecule has 37 heavy (non-hydrogen) atoms. The second-order valence-corrected chi connectivity index (χ2v) is 12.3. The number of aromatic nitrogens is 2. The first-order chi connectivity index (χ1) is 17.2. The summed E-state index contributed by atoms with van der Waals surface area (Å²) >= 11 is 0. The summed E-state index contributed by atoms with van der Waals surface area (Å²) in [4.78, 5) is 12.2. The number of hydrogen-bond acceptors (Lipinski definition) is 5. The van der Waals surface area contributed by atoms with Crippen molar-refractivity contribution < 1.29 is 23.1 Å². The summed E-state index contributed by atoms with van der Waals surface area (Å²) in [5, 5.41) is 14.3. The van der Waals surface area contributed by atoms with Crippen molar-refractivity contribution in [2.75, 3.05) is 5.75 Å². The Balaban J connectivity index is 2.14. The predicted octanol–water partition coefficient (Wildman–Crippen LogP) is 5.17. The Morgan fingerprint density at radius 3 is 2.41 bits per heavy atom. The van der Waals surface area contributed by atoms with Gasteiger partial charge in [0.25, 0.3) is 0 Å². The number of benzene rings is 2. The first kappa shape index (κ1) is 28.0. The van der Waals surface area contributed by atoms with Crippen molar-refractivity contribution in [3.63, 3.8) is 0 Å². The maximum absolute atomic E-state index is 12.5. The van der Waals surface area contributed by atoms with E-state index in [1.54, 1.807) is 51.1 Å². The third kappa shape index (κ3) is 6.41. The minimum absolute atomic E-state index is 0.0666. The molecule has 0 fully saturated rings. The molecule has 0 bridgehead atoms. The molecule has 196 valence electrons. The summed E-state index contributed by atoms with van der Waals surface area (Å²) < 4.78 is 32.9. The molecule has 7 nitrogen and oxygen atoms in total. The lowest BCUT2D eigenvalue weighted by Gasteiger charge is -2.28. The van der Waals surface area contributed by atoms with E-state index in [-0.39, 0.29) is 10.6 Å². The van der Waals surface area contributed by atoms with Crippen LogP contribution >= 0.6 is 0 Å². The van der Waals surface area contributed by atoms with Gasteiger partial charge in [-0.05, 0) is 56.2 Å². The van der Waals surface area contributed by atoms with Crippen LogP contribution in [0.3, 0.4) is 0 Å². The molecule has 0 aliphatic carbocycles. The number of carboxylic acids is 1. The minimum Gasteiger partial charge on any atom is -0.478 e. The van der Waals surface area contributed by atoms with Crippen LogP contribution in [0.4, 0.5) is 0 Å². The van der Waals surface area contributed by atoms with Gasteiger partial charge in [0.1, 0.15) is 5.75 Å². The fourth-order valence-electron chi connectivity index (χ4n) is 4.10. The molecule has 1 unspecified atom stereocenters. The molecular weight excluding hydrogens is 488 g/mol. The quantitative estimate of drug-likeness (QED) is 0.430. The first-order valence-electron chi connectivity index (χ1n) is 12.1. The van der Waals surface area contributed by atoms with E-state index in [0.29, 0.717) is 23.3 Å². The number of aryl methyl sites for hydroxylation is 2. The van der Waals surface area contributed by atoms with Crippen LogP contribution < -0.4 is 4.74 Å². The van der Waals surface area contributed by atoms with Crippen LogP contribution in [-0.2, 0) is 21.7 Å². The van der Waals surface area contributed by atoms with Crippen LogP contribution in [0.1, 0.15) is 56.6 Å². The van der Waals surface area contributed by atoms with Crippen molar-refractivity contribution in [1.82, 2.24) is 9.78 Å². The van der Waals surface area contributed by atoms with Gasteiger partial charge in [0.05, 0.1) is 21.9 Å². The van der Waals surface area contributed by atoms with Gasteiger partial charge in [-0.15, -0.1) is 0 Å². The van der Waals surface area contributed by atoms with E-state index in [4.69, 9.17) is 4.74 Å². The summed E-state index contributed by atoms with van der Waals surface area (Å²) in [5.74, 6) is 5.49. The molecule has 0 spiro atoms. The SMILES string of the molecule is CCCS(=O)(=O)c1cccc(C#Cc2cc(-c3c(C)nn(C)c3C)ccc2OC(C(=O)O)C(C)(C)C)c1. The van der Waals surface area contributed by atoms with Gasteiger partial charge in [-0.2, -0.15) is 5.10 Å². The molecule has 0 saturated heterocycles. The zero-order valence-electron chi connectivity index (χ0n) is 22.4. The number of carbonyl (C=O) groups is 1. The zero-order valence-corrected chi connectivity index (χ0v) is 23.2. The number of aliphatic carboxylic acids is 1. The molecule has 2 aromatic carbocycles. The van der Waals surface area contributed by atoms with Crippen LogP contribution in [0.2, 0.25) is 0 Å². The Morgan fingerprint density at radius 2 is 1.84 bits per heavy atom. The molecule has 0 amide bonds. The molecule has 1 N–H and O–H groups in total. The molecule has 3 aromatic rings. The monoisotopic (exact) mass is 522 g/mol. The Hall–Kier alpha value is -3.57. The van der Waals surface area contributed by atoms with Gasteiger partial charge in [0.2, 0.25) is 0 Å². The molecule has 1 atom stereocenters. The number of ether oxygens (including phenoxy) is 1. The standard InChI is InChI=1S/C29H34N2O5S/c1-8-16-37(34,35)24-11-9-10-21(17-24)12-13-22-18-23(26-19(2)30-31(7)20(26)3)14-15-25(22)36-27(28(32)33)29(4,5)6/h9-11,14-15,17-18,27H,8,16H2,1-7H3,(H,32,33). The molecule has 3 rings (SSSR count). The third-order valence-electron chi connectivity index (χ3n) is 6.04. The van der Waals surface area contributed by atoms with Gasteiger partial charge >= 0.3 is 5.97 Å². The van der Waals surface area contributed by atoms with Gasteiger partial charge in [0, 0.05) is 29.3 Å². The van der Waals surface area contributed by atoms with Gasteiger partial charge in [0.15, 0.2) is 15.9 Å². The van der Waals surface area contributed by atoms with Crippen molar-refractivity contribution in [2.24, 2.45) is 12.5 Å². The van der Waals surface area contributed by atoms with Crippen LogP contribution in [0.15, 0.2) is 47.4 Å². The van der Waals surface area contributed by atoms with Gasteiger partial charge in [-0.25, -0.2) is 13.2 Å². The van der Waals surface area contributed by atoms with Gasteiger partial charge in [-0.3, -0.25) is 4.68 Å². The highest BCUT2D eigenvalue weighted by molar-refractivity contribution is 7.91. The molecule has 0 radical (unpaired) electrons. The molecule has 0 aliphatic rings. The van der Waals surface area contributed by atoms with Crippen molar-refractivity contribution >= 4 is 15.8 Å². The first-order valence-corrected chi connectivity index (χ1v) is 13.8. The normalized spacial score (nSPS) is 12.5. The van der Waals surface area contributed by atoms with E-state index in [0.717, 1.165) is 22.5 Å². The van der Waals surface area contributed by atoms with Crippen LogP contribution in [0.5, 0.6) is 5.75 Å². The van der Waals surface area contributed by atoms with E-state index in [1.807, 2.05) is 44.6 Å². The number of carboxylic acid groups (broad SMARTS) is 1. The van der Waals surface area contributed by atoms with Crippen molar-refractivity contribution in [2.45, 2.75) is 59.0 Å². The minimum atomic E-state index is -3.38. The lowest BCUT2D eigenvalue weighted by molar-refractivity contribution is -0.150. The summed E-state index contributed by atoms with van der Waals surface area (Å²) in [6.07, 6.45) is -0.569. The second kappa shape index (κ2) is 10.8. The molecule has 1 aromatic heterocycles. The van der Waals surface area contributed by atoms with E-state index in [2.05, 4.69) is 16.9 Å².